The van der Waals surface area contributed by atoms with E-state index in [0.29, 0.717) is 28.8 Å². The molecule has 3 aromatic rings. The van der Waals surface area contributed by atoms with Gasteiger partial charge in [0.25, 0.3) is 5.56 Å². The van der Waals surface area contributed by atoms with Gasteiger partial charge in [-0.25, -0.2) is 4.79 Å². The molecule has 0 saturated carbocycles. The summed E-state index contributed by atoms with van der Waals surface area (Å²) in [6.07, 6.45) is 0. The maximum Gasteiger partial charge on any atom is 0.359 e. The van der Waals surface area contributed by atoms with Gasteiger partial charge >= 0.3 is 5.97 Å². The summed E-state index contributed by atoms with van der Waals surface area (Å²) in [7, 11) is 0. The van der Waals surface area contributed by atoms with Crippen LogP contribution in [0.2, 0.25) is 0 Å². The minimum Gasteiger partial charge on any atom is -0.494 e. The van der Waals surface area contributed by atoms with Gasteiger partial charge in [-0.1, -0.05) is 18.2 Å². The first kappa shape index (κ1) is 16.7. The molecule has 0 saturated heterocycles. The number of rotatable bonds is 5. The fourth-order valence-electron chi connectivity index (χ4n) is 2.56. The number of carbonyl (C=O) groups excluding carboxylic acids is 1. The summed E-state index contributed by atoms with van der Waals surface area (Å²) in [6.45, 7) is 4.41. The highest BCUT2D eigenvalue weighted by molar-refractivity contribution is 6.02. The largest absolute Gasteiger partial charge is 0.494 e. The molecule has 0 spiro atoms. The molecular weight excluding hydrogens is 320 g/mol. The Morgan fingerprint density at radius 3 is 2.32 bits per heavy atom. The van der Waals surface area contributed by atoms with Gasteiger partial charge in [0.1, 0.15) is 5.75 Å². The van der Waals surface area contributed by atoms with Crippen molar-refractivity contribution >= 4 is 16.7 Å². The lowest BCUT2D eigenvalue weighted by Gasteiger charge is -2.11. The van der Waals surface area contributed by atoms with Crippen LogP contribution in [0.4, 0.5) is 0 Å². The Hall–Kier alpha value is -3.15. The second-order valence-electron chi connectivity index (χ2n) is 5.26. The summed E-state index contributed by atoms with van der Waals surface area (Å²) in [4.78, 5) is 25.1. The predicted octanol–water partition coefficient (Wildman–Crippen LogP) is 2.96. The molecule has 0 aliphatic rings. The topological polar surface area (TPSA) is 70.4 Å². The third-order valence-electron chi connectivity index (χ3n) is 3.67. The smallest absolute Gasteiger partial charge is 0.359 e. The summed E-state index contributed by atoms with van der Waals surface area (Å²) in [6, 6.07) is 13.8. The molecule has 0 amide bonds. The molecule has 0 fully saturated rings. The minimum atomic E-state index is -0.557. The zero-order chi connectivity index (χ0) is 17.8. The summed E-state index contributed by atoms with van der Waals surface area (Å²) in [5.41, 5.74) is 0.364. The first-order valence-corrected chi connectivity index (χ1v) is 8.08. The molecule has 0 aliphatic heterocycles. The standard InChI is InChI=1S/C19H18N2O4/c1-3-24-14-11-9-13(10-12-14)21-18(22)16-8-6-5-7-15(16)17(20-21)19(23)25-4-2/h5-12H,3-4H2,1-2H3. The van der Waals surface area contributed by atoms with E-state index in [1.807, 2.05) is 6.92 Å². The molecular formula is C19H18N2O4. The van der Waals surface area contributed by atoms with Crippen molar-refractivity contribution in [2.45, 2.75) is 13.8 Å². The molecule has 6 heteroatoms. The number of benzene rings is 2. The molecule has 3 rings (SSSR count). The van der Waals surface area contributed by atoms with Crippen LogP contribution in [-0.2, 0) is 4.74 Å². The number of aromatic nitrogens is 2. The van der Waals surface area contributed by atoms with Gasteiger partial charge in [-0.2, -0.15) is 9.78 Å². The molecule has 128 valence electrons. The summed E-state index contributed by atoms with van der Waals surface area (Å²) >= 11 is 0. The number of fused-ring (bicyclic) bond motifs is 1. The van der Waals surface area contributed by atoms with Gasteiger partial charge in [0, 0.05) is 5.39 Å². The Kier molecular flexibility index (Phi) is 4.79. The van der Waals surface area contributed by atoms with Crippen molar-refractivity contribution in [3.05, 3.63) is 64.6 Å². The van der Waals surface area contributed by atoms with Gasteiger partial charge in [0.2, 0.25) is 0 Å². The molecule has 1 heterocycles. The third-order valence-corrected chi connectivity index (χ3v) is 3.67. The minimum absolute atomic E-state index is 0.117. The Morgan fingerprint density at radius 2 is 1.68 bits per heavy atom. The molecule has 1 aromatic heterocycles. The van der Waals surface area contributed by atoms with Crippen LogP contribution < -0.4 is 10.3 Å². The number of hydrogen-bond acceptors (Lipinski definition) is 5. The van der Waals surface area contributed by atoms with E-state index in [2.05, 4.69) is 5.10 Å². The highest BCUT2D eigenvalue weighted by Gasteiger charge is 2.18. The highest BCUT2D eigenvalue weighted by atomic mass is 16.5. The van der Waals surface area contributed by atoms with Gasteiger partial charge in [-0.15, -0.1) is 0 Å². The molecule has 0 bridgehead atoms. The molecule has 2 aromatic carbocycles. The van der Waals surface area contributed by atoms with Crippen LogP contribution in [0.15, 0.2) is 53.3 Å². The molecule has 6 nitrogen and oxygen atoms in total. The van der Waals surface area contributed by atoms with Crippen LogP contribution in [0.3, 0.4) is 0 Å². The SMILES string of the molecule is CCOC(=O)c1nn(-c2ccc(OCC)cc2)c(=O)c2ccccc12. The van der Waals surface area contributed by atoms with Crippen LogP contribution in [0.1, 0.15) is 24.3 Å². The zero-order valence-electron chi connectivity index (χ0n) is 14.1. The van der Waals surface area contributed by atoms with Crippen LogP contribution >= 0.6 is 0 Å². The van der Waals surface area contributed by atoms with E-state index in [4.69, 9.17) is 9.47 Å². The summed E-state index contributed by atoms with van der Waals surface area (Å²) in [5.74, 6) is 0.143. The maximum absolute atomic E-state index is 12.8. The molecule has 0 N–H and O–H groups in total. The van der Waals surface area contributed by atoms with Gasteiger partial charge in [0.15, 0.2) is 5.69 Å². The summed E-state index contributed by atoms with van der Waals surface area (Å²) in [5, 5.41) is 5.14. The van der Waals surface area contributed by atoms with E-state index < -0.39 is 5.97 Å². The van der Waals surface area contributed by atoms with E-state index in [1.165, 1.54) is 4.68 Å². The van der Waals surface area contributed by atoms with E-state index in [1.54, 1.807) is 55.5 Å². The number of nitrogens with zero attached hydrogens (tertiary/aromatic N) is 2. The van der Waals surface area contributed by atoms with Gasteiger partial charge in [-0.3, -0.25) is 4.79 Å². The molecule has 0 unspecified atom stereocenters. The van der Waals surface area contributed by atoms with E-state index in [-0.39, 0.29) is 17.9 Å². The predicted molar refractivity (Wildman–Crippen MR) is 94.5 cm³/mol. The van der Waals surface area contributed by atoms with Gasteiger partial charge in [-0.05, 0) is 44.2 Å². The van der Waals surface area contributed by atoms with Crippen molar-refractivity contribution in [2.24, 2.45) is 0 Å². The molecule has 25 heavy (non-hydrogen) atoms. The van der Waals surface area contributed by atoms with Crippen molar-refractivity contribution < 1.29 is 14.3 Å². The molecule has 0 radical (unpaired) electrons. The highest BCUT2D eigenvalue weighted by Crippen LogP contribution is 2.18. The first-order chi connectivity index (χ1) is 12.2. The fourth-order valence-corrected chi connectivity index (χ4v) is 2.56. The van der Waals surface area contributed by atoms with Crippen LogP contribution in [0.25, 0.3) is 16.5 Å². The Bertz CT molecular complexity index is 961. The van der Waals surface area contributed by atoms with Gasteiger partial charge in [0.05, 0.1) is 24.3 Å². The quantitative estimate of drug-likeness (QED) is 0.669. The fraction of sp³-hybridized carbons (Fsp3) is 0.211. The third kappa shape index (κ3) is 3.24. The number of carbonyl (C=O) groups is 1. The van der Waals surface area contributed by atoms with Crippen molar-refractivity contribution in [2.75, 3.05) is 13.2 Å². The van der Waals surface area contributed by atoms with Crippen molar-refractivity contribution in [3.8, 4) is 11.4 Å². The Morgan fingerprint density at radius 1 is 1.00 bits per heavy atom. The first-order valence-electron chi connectivity index (χ1n) is 8.08. The van der Waals surface area contributed by atoms with Crippen LogP contribution in [0.5, 0.6) is 5.75 Å². The normalized spacial score (nSPS) is 10.6. The maximum atomic E-state index is 12.8. The lowest BCUT2D eigenvalue weighted by atomic mass is 10.1. The van der Waals surface area contributed by atoms with Crippen molar-refractivity contribution in [1.29, 1.82) is 0 Å². The molecule has 0 atom stereocenters. The van der Waals surface area contributed by atoms with Crippen LogP contribution in [0, 0.1) is 0 Å². The molecule has 0 aliphatic carbocycles. The number of hydrogen-bond donors (Lipinski definition) is 0. The average Bonchev–Trinajstić information content (AvgIpc) is 2.63. The number of ether oxygens (including phenoxy) is 2. The summed E-state index contributed by atoms with van der Waals surface area (Å²) < 4.78 is 11.7. The van der Waals surface area contributed by atoms with Gasteiger partial charge < -0.3 is 9.47 Å². The van der Waals surface area contributed by atoms with Crippen LogP contribution in [-0.4, -0.2) is 29.0 Å². The Balaban J connectivity index is 2.19. The lowest BCUT2D eigenvalue weighted by Crippen LogP contribution is -2.25. The average molecular weight is 338 g/mol. The Labute approximate surface area is 144 Å². The second kappa shape index (κ2) is 7.17. The van der Waals surface area contributed by atoms with Crippen molar-refractivity contribution in [1.82, 2.24) is 9.78 Å². The van der Waals surface area contributed by atoms with Crippen molar-refractivity contribution in [3.63, 3.8) is 0 Å². The van der Waals surface area contributed by atoms with E-state index in [0.717, 1.165) is 0 Å². The monoisotopic (exact) mass is 338 g/mol. The lowest BCUT2D eigenvalue weighted by molar-refractivity contribution is 0.0520. The second-order valence-corrected chi connectivity index (χ2v) is 5.26. The number of esters is 1. The van der Waals surface area contributed by atoms with E-state index >= 15 is 0 Å². The zero-order valence-corrected chi connectivity index (χ0v) is 14.1. The van der Waals surface area contributed by atoms with E-state index in [9.17, 15) is 9.59 Å².